The number of hydrogen-bond acceptors (Lipinski definition) is 3. The van der Waals surface area contributed by atoms with Crippen molar-refractivity contribution in [2.24, 2.45) is 11.7 Å². The van der Waals surface area contributed by atoms with E-state index in [1.807, 2.05) is 25.1 Å². The van der Waals surface area contributed by atoms with Crippen LogP contribution in [0.4, 0.5) is 0 Å². The van der Waals surface area contributed by atoms with Gasteiger partial charge < -0.3 is 20.4 Å². The highest BCUT2D eigenvalue weighted by Gasteiger charge is 2.18. The van der Waals surface area contributed by atoms with Gasteiger partial charge in [0, 0.05) is 16.0 Å². The van der Waals surface area contributed by atoms with Crippen LogP contribution >= 0.6 is 11.6 Å². The molecule has 0 radical (unpaired) electrons. The highest BCUT2D eigenvalue weighted by Crippen LogP contribution is 2.28. The van der Waals surface area contributed by atoms with Crippen LogP contribution in [-0.2, 0) is 0 Å². The minimum Gasteiger partial charge on any atom is -0.491 e. The average Bonchev–Trinajstić information content (AvgIpc) is 2.93. The normalized spacial score (nSPS) is 18.2. The van der Waals surface area contributed by atoms with Gasteiger partial charge in [-0.1, -0.05) is 18.2 Å². The van der Waals surface area contributed by atoms with Crippen LogP contribution in [0.3, 0.4) is 0 Å². The number of nitrogens with zero attached hydrogens (tertiary/aromatic N) is 1. The molecule has 1 fully saturated rings. The zero-order valence-corrected chi connectivity index (χ0v) is 15.7. The van der Waals surface area contributed by atoms with Crippen LogP contribution in [0.15, 0.2) is 23.9 Å². The van der Waals surface area contributed by atoms with Gasteiger partial charge in [-0.25, -0.2) is 0 Å². The quantitative estimate of drug-likeness (QED) is 0.882. The molecule has 0 spiro atoms. The number of aromatic amines is 1. The lowest BCUT2D eigenvalue weighted by molar-refractivity contribution is 0.161. The maximum atomic E-state index is 6.46. The Kier molecular flexibility index (Phi) is 5.40. The van der Waals surface area contributed by atoms with Crippen molar-refractivity contribution in [2.75, 3.05) is 26.7 Å². The molecule has 0 atom stereocenters. The second-order valence-corrected chi connectivity index (χ2v) is 7.33. The van der Waals surface area contributed by atoms with Crippen LogP contribution < -0.4 is 21.0 Å². The number of piperidine rings is 1. The lowest BCUT2D eigenvalue weighted by Crippen LogP contribution is -2.32. The first-order valence-corrected chi connectivity index (χ1v) is 9.08. The van der Waals surface area contributed by atoms with Crippen LogP contribution in [0.2, 0.25) is 5.02 Å². The van der Waals surface area contributed by atoms with E-state index in [2.05, 4.69) is 23.5 Å². The van der Waals surface area contributed by atoms with Gasteiger partial charge in [-0.2, -0.15) is 0 Å². The number of benzene rings is 1. The topological polar surface area (TPSA) is 54.3 Å². The number of H-pyrrole nitrogens is 1. The van der Waals surface area contributed by atoms with Crippen LogP contribution in [0.1, 0.15) is 19.8 Å². The fraction of sp³-hybridized carbons (Fsp3) is 0.400. The summed E-state index contributed by atoms with van der Waals surface area (Å²) in [6, 6.07) is 3.82. The monoisotopic (exact) mass is 359 g/mol. The first-order valence-electron chi connectivity index (χ1n) is 8.70. The third-order valence-corrected chi connectivity index (χ3v) is 5.25. The summed E-state index contributed by atoms with van der Waals surface area (Å²) in [7, 11) is 2.17. The van der Waals surface area contributed by atoms with Crippen molar-refractivity contribution in [3.8, 4) is 5.75 Å². The Morgan fingerprint density at radius 3 is 2.84 bits per heavy atom. The molecule has 3 rings (SSSR count). The number of likely N-dealkylation sites (tertiary alicyclic amines) is 1. The van der Waals surface area contributed by atoms with Crippen molar-refractivity contribution in [1.82, 2.24) is 9.88 Å². The van der Waals surface area contributed by atoms with E-state index in [1.54, 1.807) is 6.20 Å². The molecule has 3 N–H and O–H groups in total. The fourth-order valence-corrected chi connectivity index (χ4v) is 3.57. The Labute approximate surface area is 153 Å². The molecule has 0 saturated carbocycles. The molecule has 2 aromatic rings. The van der Waals surface area contributed by atoms with Gasteiger partial charge in [0.15, 0.2) is 0 Å². The number of rotatable bonds is 4. The number of hydrogen-bond donors (Lipinski definition) is 2. The SMILES string of the molecule is C=c1[nH]c2c(OCC3CCN(C)CC3)ccc(Cl)c2/c1=C/C(C)=C\N. The Bertz CT molecular complexity index is 892. The molecule has 5 heteroatoms. The lowest BCUT2D eigenvalue weighted by atomic mass is 9.98. The lowest BCUT2D eigenvalue weighted by Gasteiger charge is -2.28. The molecule has 1 aliphatic rings. The largest absolute Gasteiger partial charge is 0.491 e. The molecule has 0 bridgehead atoms. The maximum Gasteiger partial charge on any atom is 0.143 e. The van der Waals surface area contributed by atoms with Crippen molar-refractivity contribution in [3.63, 3.8) is 0 Å². The standard InChI is InChI=1S/C20H26ClN3O/c1-13(11-22)10-16-14(2)23-20-18(5-4-17(21)19(16)20)25-12-15-6-8-24(3)9-7-15/h4-5,10-11,15,23H,2,6-9,12,22H2,1,3H3/b13-11-,16-10+. The predicted molar refractivity (Wildman–Crippen MR) is 106 cm³/mol. The van der Waals surface area contributed by atoms with Crippen LogP contribution in [0, 0.1) is 5.92 Å². The Morgan fingerprint density at radius 1 is 1.44 bits per heavy atom. The molecule has 25 heavy (non-hydrogen) atoms. The summed E-state index contributed by atoms with van der Waals surface area (Å²) in [6.45, 7) is 9.07. The summed E-state index contributed by atoms with van der Waals surface area (Å²) in [5.74, 6) is 1.43. The van der Waals surface area contributed by atoms with Gasteiger partial charge in [0.1, 0.15) is 5.75 Å². The molecule has 0 amide bonds. The summed E-state index contributed by atoms with van der Waals surface area (Å²) >= 11 is 6.46. The van der Waals surface area contributed by atoms with E-state index >= 15 is 0 Å². The van der Waals surface area contributed by atoms with Crippen LogP contribution in [-0.4, -0.2) is 36.6 Å². The van der Waals surface area contributed by atoms with E-state index in [4.69, 9.17) is 22.1 Å². The zero-order valence-electron chi connectivity index (χ0n) is 14.9. The average molecular weight is 360 g/mol. The van der Waals surface area contributed by atoms with Gasteiger partial charge in [0.25, 0.3) is 0 Å². The minimum atomic E-state index is 0.601. The molecular formula is C20H26ClN3O. The van der Waals surface area contributed by atoms with Crippen molar-refractivity contribution in [2.45, 2.75) is 19.8 Å². The van der Waals surface area contributed by atoms with Crippen LogP contribution in [0.5, 0.6) is 5.75 Å². The molecule has 2 heterocycles. The van der Waals surface area contributed by atoms with Gasteiger partial charge in [-0.05, 0) is 75.8 Å². The third-order valence-electron chi connectivity index (χ3n) is 4.93. The highest BCUT2D eigenvalue weighted by atomic mass is 35.5. The number of halogens is 1. The summed E-state index contributed by atoms with van der Waals surface area (Å²) in [5, 5.41) is 3.40. The van der Waals surface area contributed by atoms with Gasteiger partial charge in [0.2, 0.25) is 0 Å². The van der Waals surface area contributed by atoms with E-state index in [9.17, 15) is 0 Å². The van der Waals surface area contributed by atoms with Gasteiger partial charge in [-0.15, -0.1) is 0 Å². The number of aromatic nitrogens is 1. The molecule has 1 aromatic carbocycles. The Balaban J connectivity index is 1.93. The Hall–Kier alpha value is -1.91. The molecular weight excluding hydrogens is 334 g/mol. The van der Waals surface area contributed by atoms with Crippen molar-refractivity contribution in [3.05, 3.63) is 39.5 Å². The van der Waals surface area contributed by atoms with E-state index < -0.39 is 0 Å². The number of allylic oxidation sites excluding steroid dienone is 1. The molecule has 1 saturated heterocycles. The second-order valence-electron chi connectivity index (χ2n) is 6.93. The predicted octanol–water partition coefficient (Wildman–Crippen LogP) is 2.60. The number of ether oxygens (including phenoxy) is 1. The smallest absolute Gasteiger partial charge is 0.143 e. The molecule has 4 nitrogen and oxygen atoms in total. The third kappa shape index (κ3) is 3.86. The highest BCUT2D eigenvalue weighted by molar-refractivity contribution is 6.35. The van der Waals surface area contributed by atoms with Crippen molar-refractivity contribution < 1.29 is 4.74 Å². The van der Waals surface area contributed by atoms with E-state index in [1.165, 1.54) is 12.8 Å². The fourth-order valence-electron chi connectivity index (χ4n) is 3.31. The van der Waals surface area contributed by atoms with Crippen molar-refractivity contribution in [1.29, 1.82) is 0 Å². The summed E-state index contributed by atoms with van der Waals surface area (Å²) in [6.07, 6.45) is 5.93. The maximum absolute atomic E-state index is 6.46. The number of fused-ring (bicyclic) bond motifs is 1. The first kappa shape index (κ1) is 17.9. The first-order chi connectivity index (χ1) is 12.0. The number of nitrogens with one attached hydrogen (secondary N) is 1. The van der Waals surface area contributed by atoms with Gasteiger partial charge in [-0.3, -0.25) is 0 Å². The van der Waals surface area contributed by atoms with Gasteiger partial charge >= 0.3 is 0 Å². The molecule has 0 aliphatic carbocycles. The second kappa shape index (κ2) is 7.54. The Morgan fingerprint density at radius 2 is 2.16 bits per heavy atom. The number of nitrogens with two attached hydrogens (primary N) is 1. The van der Waals surface area contributed by atoms with E-state index in [0.29, 0.717) is 10.9 Å². The molecule has 134 valence electrons. The van der Waals surface area contributed by atoms with E-state index in [0.717, 1.165) is 52.5 Å². The summed E-state index contributed by atoms with van der Waals surface area (Å²) in [4.78, 5) is 5.70. The van der Waals surface area contributed by atoms with Crippen LogP contribution in [0.25, 0.3) is 23.6 Å². The summed E-state index contributed by atoms with van der Waals surface area (Å²) < 4.78 is 6.16. The molecule has 1 aliphatic heterocycles. The molecule has 0 unspecified atom stereocenters. The van der Waals surface area contributed by atoms with Gasteiger partial charge in [0.05, 0.1) is 17.1 Å². The van der Waals surface area contributed by atoms with E-state index in [-0.39, 0.29) is 0 Å². The molecule has 1 aromatic heterocycles. The minimum absolute atomic E-state index is 0.601. The van der Waals surface area contributed by atoms with Crippen molar-refractivity contribution >= 4 is 35.2 Å². The zero-order chi connectivity index (χ0) is 18.0. The summed E-state index contributed by atoms with van der Waals surface area (Å²) in [5.41, 5.74) is 7.47.